The first-order chi connectivity index (χ1) is 19.8. The predicted octanol–water partition coefficient (Wildman–Crippen LogP) is 7.29. The molecule has 4 aromatic carbocycles. The van der Waals surface area contributed by atoms with Gasteiger partial charge in [0.15, 0.2) is 0 Å². The van der Waals surface area contributed by atoms with Gasteiger partial charge >= 0.3 is 0 Å². The van der Waals surface area contributed by atoms with Crippen molar-refractivity contribution in [1.29, 1.82) is 0 Å². The molecule has 2 atom stereocenters. The largest absolute Gasteiger partial charge is 0.341 e. The average Bonchev–Trinajstić information content (AvgIpc) is 3.82. The van der Waals surface area contributed by atoms with E-state index < -0.39 is 0 Å². The Kier molecular flexibility index (Phi) is 5.75. The van der Waals surface area contributed by atoms with E-state index in [4.69, 9.17) is 4.98 Å². The van der Waals surface area contributed by atoms with Gasteiger partial charge in [0.25, 0.3) is 0 Å². The molecule has 4 heterocycles. The molecule has 0 saturated carbocycles. The van der Waals surface area contributed by atoms with E-state index in [9.17, 15) is 0 Å². The zero-order chi connectivity index (χ0) is 26.5. The van der Waals surface area contributed by atoms with Crippen LogP contribution in [-0.4, -0.2) is 33.0 Å². The molecular weight excluding hydrogens is 492 g/mol. The number of nitrogens with one attached hydrogen (secondary N) is 4. The molecule has 6 aromatic rings. The maximum Gasteiger partial charge on any atom is 0.124 e. The Hall–Kier alpha value is -4.26. The quantitative estimate of drug-likeness (QED) is 0.191. The van der Waals surface area contributed by atoms with E-state index >= 15 is 0 Å². The molecule has 0 aliphatic carbocycles. The molecule has 6 heteroatoms. The first-order valence-electron chi connectivity index (χ1n) is 14.4. The minimum absolute atomic E-state index is 0.343. The van der Waals surface area contributed by atoms with Gasteiger partial charge in [0.05, 0.1) is 35.0 Å². The highest BCUT2D eigenvalue weighted by molar-refractivity contribution is 5.92. The Labute approximate surface area is 233 Å². The summed E-state index contributed by atoms with van der Waals surface area (Å²) in [6, 6.07) is 29.5. The normalized spacial score (nSPS) is 19.2. The van der Waals surface area contributed by atoms with E-state index in [1.807, 2.05) is 6.20 Å². The van der Waals surface area contributed by atoms with Crippen molar-refractivity contribution in [2.24, 2.45) is 0 Å². The molecule has 40 heavy (non-hydrogen) atoms. The summed E-state index contributed by atoms with van der Waals surface area (Å²) in [6.07, 6.45) is 6.66. The lowest BCUT2D eigenvalue weighted by Gasteiger charge is -2.08. The number of imidazole rings is 2. The second kappa shape index (κ2) is 9.73. The summed E-state index contributed by atoms with van der Waals surface area (Å²) in [4.78, 5) is 16.6. The van der Waals surface area contributed by atoms with Gasteiger partial charge in [-0.2, -0.15) is 0 Å². The van der Waals surface area contributed by atoms with Crippen LogP contribution in [0.4, 0.5) is 0 Å². The number of aromatic nitrogens is 4. The number of fused-ring (bicyclic) bond motifs is 2. The van der Waals surface area contributed by atoms with Crippen LogP contribution < -0.4 is 10.6 Å². The molecule has 0 spiro atoms. The fourth-order valence-corrected chi connectivity index (χ4v) is 6.32. The lowest BCUT2D eigenvalue weighted by molar-refractivity contribution is 0.613. The number of nitrogens with zero attached hydrogens (tertiary/aromatic N) is 2. The van der Waals surface area contributed by atoms with Crippen molar-refractivity contribution in [2.45, 2.75) is 37.8 Å². The highest BCUT2D eigenvalue weighted by atomic mass is 15.0. The van der Waals surface area contributed by atoms with Gasteiger partial charge in [-0.1, -0.05) is 54.6 Å². The smallest absolute Gasteiger partial charge is 0.124 e. The third-order valence-corrected chi connectivity index (χ3v) is 8.58. The van der Waals surface area contributed by atoms with Crippen molar-refractivity contribution < 1.29 is 0 Å². The molecule has 6 nitrogen and oxygen atoms in total. The van der Waals surface area contributed by atoms with Crippen LogP contribution in [0.2, 0.25) is 0 Å². The summed E-state index contributed by atoms with van der Waals surface area (Å²) in [5.41, 5.74) is 9.19. The van der Waals surface area contributed by atoms with Crippen LogP contribution in [0.5, 0.6) is 0 Å². The molecule has 2 fully saturated rings. The van der Waals surface area contributed by atoms with Gasteiger partial charge in [-0.3, -0.25) is 0 Å². The maximum atomic E-state index is 4.84. The molecule has 0 radical (unpaired) electrons. The lowest BCUT2D eigenvalue weighted by atomic mass is 9.97. The van der Waals surface area contributed by atoms with Crippen molar-refractivity contribution in [3.8, 4) is 33.5 Å². The Bertz CT molecular complexity index is 1820. The third kappa shape index (κ3) is 4.30. The summed E-state index contributed by atoms with van der Waals surface area (Å²) < 4.78 is 0. The van der Waals surface area contributed by atoms with E-state index in [1.165, 1.54) is 45.9 Å². The van der Waals surface area contributed by atoms with Crippen LogP contribution in [0.3, 0.4) is 0 Å². The molecule has 1 unspecified atom stereocenters. The number of benzene rings is 4. The monoisotopic (exact) mass is 524 g/mol. The predicted molar refractivity (Wildman–Crippen MR) is 162 cm³/mol. The number of rotatable bonds is 5. The molecule has 2 aliphatic rings. The molecule has 198 valence electrons. The summed E-state index contributed by atoms with van der Waals surface area (Å²) in [5, 5.41) is 9.54. The summed E-state index contributed by atoms with van der Waals surface area (Å²) in [5.74, 6) is 2.09. The maximum absolute atomic E-state index is 4.84. The van der Waals surface area contributed by atoms with Crippen LogP contribution in [0.25, 0.3) is 55.3 Å². The molecule has 0 amide bonds. The van der Waals surface area contributed by atoms with E-state index in [0.29, 0.717) is 12.1 Å². The topological polar surface area (TPSA) is 81.4 Å². The van der Waals surface area contributed by atoms with E-state index in [0.717, 1.165) is 59.9 Å². The SMILES string of the molecule is c1cc(-c2cnc([C@@H]3CCCN3)[nH]2)ccc1-c1ccc2ccc(-c3ccc4nc(C5CCCN5)[nH]c4c3)cc2c1. The molecule has 0 bridgehead atoms. The van der Waals surface area contributed by atoms with Crippen molar-refractivity contribution >= 4 is 21.8 Å². The van der Waals surface area contributed by atoms with Gasteiger partial charge in [-0.15, -0.1) is 0 Å². The molecule has 2 saturated heterocycles. The van der Waals surface area contributed by atoms with Crippen LogP contribution in [0.15, 0.2) is 85.1 Å². The van der Waals surface area contributed by atoms with Crippen LogP contribution in [0.1, 0.15) is 49.4 Å². The Morgan fingerprint density at radius 3 is 1.93 bits per heavy atom. The Morgan fingerprint density at radius 1 is 0.575 bits per heavy atom. The summed E-state index contributed by atoms with van der Waals surface area (Å²) >= 11 is 0. The van der Waals surface area contributed by atoms with Crippen molar-refractivity contribution in [1.82, 2.24) is 30.6 Å². The molecule has 2 aromatic heterocycles. The summed E-state index contributed by atoms with van der Waals surface area (Å²) in [7, 11) is 0. The first-order valence-corrected chi connectivity index (χ1v) is 14.4. The minimum Gasteiger partial charge on any atom is -0.341 e. The standard InChI is InChI=1S/C34H32N6/c1-3-29(35-15-1)33-37-20-32(40-33)23-9-5-21(6-10-23)24-11-7-22-8-12-25(18-27(22)17-24)26-13-14-28-31(19-26)39-34(38-28)30-4-2-16-36-30/h5-14,17-20,29-30,35-36H,1-4,15-16H2,(H,37,40)(H,38,39)/t29-,30?/m0/s1. The molecule has 4 N–H and O–H groups in total. The molecule has 8 rings (SSSR count). The zero-order valence-electron chi connectivity index (χ0n) is 22.4. The minimum atomic E-state index is 0.343. The van der Waals surface area contributed by atoms with Crippen molar-refractivity contribution in [2.75, 3.05) is 13.1 Å². The van der Waals surface area contributed by atoms with Gasteiger partial charge in [0.2, 0.25) is 0 Å². The van der Waals surface area contributed by atoms with Gasteiger partial charge in [-0.05, 0) is 102 Å². The van der Waals surface area contributed by atoms with E-state index in [1.54, 1.807) is 0 Å². The lowest BCUT2D eigenvalue weighted by Crippen LogP contribution is -2.14. The molecular formula is C34H32N6. The fourth-order valence-electron chi connectivity index (χ4n) is 6.32. The Morgan fingerprint density at radius 2 is 1.20 bits per heavy atom. The van der Waals surface area contributed by atoms with Gasteiger partial charge in [0.1, 0.15) is 11.6 Å². The number of hydrogen-bond acceptors (Lipinski definition) is 4. The average molecular weight is 525 g/mol. The highest BCUT2D eigenvalue weighted by Gasteiger charge is 2.20. The van der Waals surface area contributed by atoms with E-state index in [2.05, 4.69) is 104 Å². The number of hydrogen-bond donors (Lipinski definition) is 4. The zero-order valence-corrected chi connectivity index (χ0v) is 22.4. The van der Waals surface area contributed by atoms with Crippen LogP contribution in [-0.2, 0) is 0 Å². The van der Waals surface area contributed by atoms with Crippen LogP contribution >= 0.6 is 0 Å². The van der Waals surface area contributed by atoms with Gasteiger partial charge in [-0.25, -0.2) is 9.97 Å². The van der Waals surface area contributed by atoms with Gasteiger partial charge in [0, 0.05) is 0 Å². The number of H-pyrrole nitrogens is 2. The van der Waals surface area contributed by atoms with Gasteiger partial charge < -0.3 is 20.6 Å². The van der Waals surface area contributed by atoms with Crippen molar-refractivity contribution in [3.05, 3.63) is 96.7 Å². The second-order valence-corrected chi connectivity index (χ2v) is 11.2. The fraction of sp³-hybridized carbons (Fsp3) is 0.235. The number of aromatic amines is 2. The third-order valence-electron chi connectivity index (χ3n) is 8.58. The highest BCUT2D eigenvalue weighted by Crippen LogP contribution is 2.32. The van der Waals surface area contributed by atoms with Crippen molar-refractivity contribution in [3.63, 3.8) is 0 Å². The van der Waals surface area contributed by atoms with E-state index in [-0.39, 0.29) is 0 Å². The molecule has 2 aliphatic heterocycles. The Balaban J connectivity index is 1.07. The first kappa shape index (κ1) is 23.6. The second-order valence-electron chi connectivity index (χ2n) is 11.2. The van der Waals surface area contributed by atoms with Crippen LogP contribution in [0, 0.1) is 0 Å². The summed E-state index contributed by atoms with van der Waals surface area (Å²) in [6.45, 7) is 2.14.